The molecule has 0 radical (unpaired) electrons. The summed E-state index contributed by atoms with van der Waals surface area (Å²) < 4.78 is 33.3. The van der Waals surface area contributed by atoms with E-state index in [0.29, 0.717) is 48.2 Å². The maximum atomic E-state index is 13.4. The number of nitrogens with zero attached hydrogens (tertiary/aromatic N) is 5. The minimum absolute atomic E-state index is 0.0246. The quantitative estimate of drug-likeness (QED) is 0.418. The van der Waals surface area contributed by atoms with E-state index in [1.54, 1.807) is 30.1 Å². The van der Waals surface area contributed by atoms with Crippen molar-refractivity contribution in [3.8, 4) is 0 Å². The van der Waals surface area contributed by atoms with E-state index in [-0.39, 0.29) is 42.1 Å². The van der Waals surface area contributed by atoms with Crippen LogP contribution in [0, 0.1) is 0 Å². The number of thiophene rings is 1. The number of amides is 3. The smallest absolute Gasteiger partial charge is 0.292 e. The average molecular weight is 639 g/mol. The van der Waals surface area contributed by atoms with Crippen LogP contribution in [0.4, 0.5) is 0 Å². The van der Waals surface area contributed by atoms with Crippen molar-refractivity contribution >= 4 is 56.8 Å². The number of hydrogen-bond acceptors (Lipinski definition) is 9. The summed E-state index contributed by atoms with van der Waals surface area (Å²) in [5.74, 6) is -0.501. The Labute approximate surface area is 254 Å². The second-order valence-corrected chi connectivity index (χ2v) is 14.3. The van der Waals surface area contributed by atoms with Crippen molar-refractivity contribution in [2.75, 3.05) is 46.3 Å². The Morgan fingerprint density at radius 3 is 2.74 bits per heavy atom. The first-order valence-corrected chi connectivity index (χ1v) is 16.8. The topological polar surface area (TPSA) is 136 Å². The summed E-state index contributed by atoms with van der Waals surface area (Å²) in [7, 11) is -2.10. The molecule has 2 aromatic heterocycles. The molecule has 228 valence electrons. The maximum absolute atomic E-state index is 13.4. The van der Waals surface area contributed by atoms with Crippen LogP contribution in [0.25, 0.3) is 6.08 Å². The lowest BCUT2D eigenvalue weighted by molar-refractivity contribution is -0.143. The normalized spacial score (nSPS) is 23.8. The number of likely N-dealkylation sites (N-methyl/N-ethyl adjacent to an activating group) is 1. The Bertz CT molecular complexity index is 1410. The van der Waals surface area contributed by atoms with Gasteiger partial charge in [-0.05, 0) is 50.3 Å². The SMILES string of the molecule is CN(C(=O)c1ccno1)C1CCN(C[C@@H]2CCCN2C(=O)CN2CCC[C@H](NS(=O)(=O)/C=C/c3ccc(Cl)s3)C2=O)C1. The van der Waals surface area contributed by atoms with Gasteiger partial charge in [0.25, 0.3) is 5.91 Å². The van der Waals surface area contributed by atoms with Crippen molar-refractivity contribution in [1.29, 1.82) is 0 Å². The van der Waals surface area contributed by atoms with Crippen molar-refractivity contribution in [2.24, 2.45) is 0 Å². The maximum Gasteiger partial charge on any atom is 0.292 e. The van der Waals surface area contributed by atoms with Crippen LogP contribution in [0.1, 0.15) is 47.5 Å². The van der Waals surface area contributed by atoms with E-state index in [2.05, 4.69) is 14.8 Å². The first kappa shape index (κ1) is 30.7. The van der Waals surface area contributed by atoms with Crippen molar-refractivity contribution in [2.45, 2.75) is 50.2 Å². The zero-order chi connectivity index (χ0) is 29.9. The molecule has 12 nitrogen and oxygen atoms in total. The van der Waals surface area contributed by atoms with E-state index in [0.717, 1.165) is 31.2 Å². The second-order valence-electron chi connectivity index (χ2n) is 10.9. The lowest BCUT2D eigenvalue weighted by atomic mass is 10.1. The zero-order valence-corrected chi connectivity index (χ0v) is 25.7. The summed E-state index contributed by atoms with van der Waals surface area (Å²) in [5, 5.41) is 4.65. The lowest BCUT2D eigenvalue weighted by Gasteiger charge is -2.34. The van der Waals surface area contributed by atoms with E-state index in [4.69, 9.17) is 16.1 Å². The molecule has 0 bridgehead atoms. The highest BCUT2D eigenvalue weighted by molar-refractivity contribution is 7.92. The van der Waals surface area contributed by atoms with Crippen LogP contribution >= 0.6 is 22.9 Å². The number of aromatic nitrogens is 1. The highest BCUT2D eigenvalue weighted by Crippen LogP contribution is 2.25. The number of likely N-dealkylation sites (tertiary alicyclic amines) is 3. The molecule has 42 heavy (non-hydrogen) atoms. The monoisotopic (exact) mass is 638 g/mol. The second kappa shape index (κ2) is 13.2. The number of piperidine rings is 1. The molecule has 15 heteroatoms. The van der Waals surface area contributed by atoms with E-state index in [9.17, 15) is 22.8 Å². The Morgan fingerprint density at radius 1 is 1.19 bits per heavy atom. The summed E-state index contributed by atoms with van der Waals surface area (Å²) in [4.78, 5) is 47.2. The van der Waals surface area contributed by atoms with Crippen LogP contribution in [0.3, 0.4) is 0 Å². The Balaban J connectivity index is 1.12. The van der Waals surface area contributed by atoms with Crippen molar-refractivity contribution in [3.63, 3.8) is 0 Å². The molecule has 3 aliphatic heterocycles. The molecule has 3 saturated heterocycles. The molecule has 1 N–H and O–H groups in total. The first-order chi connectivity index (χ1) is 20.1. The minimum Gasteiger partial charge on any atom is -0.351 e. The van der Waals surface area contributed by atoms with E-state index in [1.807, 2.05) is 4.90 Å². The van der Waals surface area contributed by atoms with E-state index < -0.39 is 16.1 Å². The van der Waals surface area contributed by atoms with Crippen molar-refractivity contribution < 1.29 is 27.3 Å². The van der Waals surface area contributed by atoms with Crippen molar-refractivity contribution in [1.82, 2.24) is 29.5 Å². The molecule has 1 unspecified atom stereocenters. The van der Waals surface area contributed by atoms with Gasteiger partial charge in [0.2, 0.25) is 27.6 Å². The molecule has 3 fully saturated rings. The fourth-order valence-electron chi connectivity index (χ4n) is 5.88. The predicted molar refractivity (Wildman–Crippen MR) is 158 cm³/mol. The summed E-state index contributed by atoms with van der Waals surface area (Å²) in [6.07, 6.45) is 6.44. The number of halogens is 1. The number of nitrogens with one attached hydrogen (secondary N) is 1. The Morgan fingerprint density at radius 2 is 2.00 bits per heavy atom. The minimum atomic E-state index is -3.87. The van der Waals surface area contributed by atoms with Gasteiger partial charge in [-0.15, -0.1) is 11.3 Å². The van der Waals surface area contributed by atoms with Gasteiger partial charge < -0.3 is 19.2 Å². The molecule has 3 aliphatic rings. The summed E-state index contributed by atoms with van der Waals surface area (Å²) >= 11 is 7.15. The van der Waals surface area contributed by atoms with Gasteiger partial charge in [-0.25, -0.2) is 8.42 Å². The molecule has 0 saturated carbocycles. The molecule has 0 spiro atoms. The number of hydrogen-bond donors (Lipinski definition) is 1. The molecule has 0 aromatic carbocycles. The van der Waals surface area contributed by atoms with Gasteiger partial charge in [0.05, 0.1) is 17.1 Å². The number of carbonyl (C=O) groups is 3. The van der Waals surface area contributed by atoms with Gasteiger partial charge in [-0.1, -0.05) is 16.8 Å². The Hall–Kier alpha value is -2.78. The fourth-order valence-corrected chi connectivity index (χ4v) is 7.95. The number of carbonyl (C=O) groups excluding carboxylic acids is 3. The third-order valence-electron chi connectivity index (χ3n) is 8.10. The van der Waals surface area contributed by atoms with Crippen molar-refractivity contribution in [3.05, 3.63) is 44.8 Å². The first-order valence-electron chi connectivity index (χ1n) is 14.0. The molecule has 0 aliphatic carbocycles. The standard InChI is InChI=1S/C27H35ClN6O6S2/c1-31(27(37)23-8-11-29-40-23)19-9-14-32(16-19)17-20-4-2-13-34(20)25(35)18-33-12-3-5-22(26(33)36)30-42(38,39)15-10-21-6-7-24(28)41-21/h6-8,10-11,15,19-20,22,30H,2-5,9,12-14,16-18H2,1H3/b15-10+/t19?,20-,22-/m0/s1. The largest absolute Gasteiger partial charge is 0.351 e. The fraction of sp³-hybridized carbons (Fsp3) is 0.556. The average Bonchev–Trinajstić information content (AvgIpc) is 3.77. The molecule has 3 amide bonds. The molecule has 5 rings (SSSR count). The van der Waals surface area contributed by atoms with Gasteiger partial charge in [-0.2, -0.15) is 4.72 Å². The van der Waals surface area contributed by atoms with Gasteiger partial charge in [0.15, 0.2) is 0 Å². The number of sulfonamides is 1. The van der Waals surface area contributed by atoms with E-state index >= 15 is 0 Å². The summed E-state index contributed by atoms with van der Waals surface area (Å²) in [6, 6.07) is 4.10. The van der Waals surface area contributed by atoms with Gasteiger partial charge in [0, 0.05) is 68.2 Å². The van der Waals surface area contributed by atoms with Crippen LogP contribution in [-0.4, -0.2) is 115 Å². The molecule has 5 heterocycles. The third-order valence-corrected chi connectivity index (χ3v) is 10.4. The van der Waals surface area contributed by atoms with Gasteiger partial charge >= 0.3 is 0 Å². The number of rotatable bonds is 10. The highest BCUT2D eigenvalue weighted by Gasteiger charge is 2.37. The van der Waals surface area contributed by atoms with Crippen LogP contribution in [0.15, 0.2) is 34.3 Å². The highest BCUT2D eigenvalue weighted by atomic mass is 35.5. The third kappa shape index (κ3) is 7.40. The van der Waals surface area contributed by atoms with Crippen LogP contribution in [0.2, 0.25) is 4.34 Å². The predicted octanol–water partition coefficient (Wildman–Crippen LogP) is 2.11. The molecular formula is C27H35ClN6O6S2. The van der Waals surface area contributed by atoms with Crippen LogP contribution in [-0.2, 0) is 19.6 Å². The molecular weight excluding hydrogens is 604 g/mol. The summed E-state index contributed by atoms with van der Waals surface area (Å²) in [6.45, 7) is 3.18. The van der Waals surface area contributed by atoms with Crippen LogP contribution < -0.4 is 4.72 Å². The van der Waals surface area contributed by atoms with Gasteiger partial charge in [0.1, 0.15) is 6.04 Å². The Kier molecular flexibility index (Phi) is 9.67. The van der Waals surface area contributed by atoms with Crippen LogP contribution in [0.5, 0.6) is 0 Å². The van der Waals surface area contributed by atoms with E-state index in [1.165, 1.54) is 28.5 Å². The molecule has 3 atom stereocenters. The van der Waals surface area contributed by atoms with Gasteiger partial charge in [-0.3, -0.25) is 19.3 Å². The zero-order valence-electron chi connectivity index (χ0n) is 23.4. The summed E-state index contributed by atoms with van der Waals surface area (Å²) in [5.41, 5.74) is 0. The molecule has 2 aromatic rings. The lowest BCUT2D eigenvalue weighted by Crippen LogP contribution is -2.55.